The lowest BCUT2D eigenvalue weighted by molar-refractivity contribution is 0.0359. The predicted molar refractivity (Wildman–Crippen MR) is 82.3 cm³/mol. The van der Waals surface area contributed by atoms with Crippen molar-refractivity contribution in [3.63, 3.8) is 0 Å². The number of carbonyl (C=O) groups is 1. The minimum absolute atomic E-state index is 0.166. The van der Waals surface area contributed by atoms with Crippen molar-refractivity contribution < 1.29 is 9.53 Å². The first-order valence-electron chi connectivity index (χ1n) is 7.23. The molecule has 1 aromatic rings. The summed E-state index contributed by atoms with van der Waals surface area (Å²) in [5, 5.41) is 0. The van der Waals surface area contributed by atoms with Gasteiger partial charge in [-0.05, 0) is 32.4 Å². The number of amides is 1. The zero-order valence-corrected chi connectivity index (χ0v) is 12.9. The van der Waals surface area contributed by atoms with E-state index in [1.807, 2.05) is 54.8 Å². The maximum atomic E-state index is 12.4. The van der Waals surface area contributed by atoms with Crippen molar-refractivity contribution in [2.75, 3.05) is 25.4 Å². The number of aryl methyl sites for hydroxylation is 1. The second-order valence-corrected chi connectivity index (χ2v) is 7.29. The second kappa shape index (κ2) is 5.41. The monoisotopic (exact) mass is 291 g/mol. The molecule has 1 spiro atoms. The first-order chi connectivity index (χ1) is 9.62. The van der Waals surface area contributed by atoms with Crippen molar-refractivity contribution in [1.82, 2.24) is 4.90 Å². The summed E-state index contributed by atoms with van der Waals surface area (Å²) in [4.78, 5) is 14.4. The normalized spacial score (nSPS) is 23.9. The van der Waals surface area contributed by atoms with Crippen molar-refractivity contribution in [2.24, 2.45) is 0 Å². The molecule has 2 aliphatic rings. The van der Waals surface area contributed by atoms with Crippen LogP contribution in [0.15, 0.2) is 24.3 Å². The average molecular weight is 291 g/mol. The minimum Gasteiger partial charge on any atom is -0.378 e. The molecular weight excluding hydrogens is 270 g/mol. The van der Waals surface area contributed by atoms with Crippen molar-refractivity contribution in [3.8, 4) is 0 Å². The number of thioether (sulfide) groups is 1. The summed E-state index contributed by atoms with van der Waals surface area (Å²) in [6.07, 6.45) is 1.46. The molecule has 3 rings (SSSR count). The topological polar surface area (TPSA) is 29.5 Å². The third kappa shape index (κ3) is 2.59. The summed E-state index contributed by atoms with van der Waals surface area (Å²) in [6.45, 7) is 6.59. The Bertz CT molecular complexity index is 511. The molecule has 4 heteroatoms. The van der Waals surface area contributed by atoms with E-state index in [-0.39, 0.29) is 10.7 Å². The van der Waals surface area contributed by atoms with Crippen LogP contribution in [0.3, 0.4) is 0 Å². The van der Waals surface area contributed by atoms with Crippen molar-refractivity contribution >= 4 is 17.7 Å². The molecule has 2 saturated heterocycles. The maximum absolute atomic E-state index is 12.4. The summed E-state index contributed by atoms with van der Waals surface area (Å²) < 4.78 is 5.97. The van der Waals surface area contributed by atoms with Gasteiger partial charge in [0.1, 0.15) is 0 Å². The fourth-order valence-electron chi connectivity index (χ4n) is 3.12. The van der Waals surface area contributed by atoms with Gasteiger partial charge in [-0.3, -0.25) is 4.79 Å². The van der Waals surface area contributed by atoms with Gasteiger partial charge in [-0.1, -0.05) is 17.7 Å². The minimum atomic E-state index is 0.166. The van der Waals surface area contributed by atoms with Gasteiger partial charge in [0.25, 0.3) is 5.91 Å². The van der Waals surface area contributed by atoms with Gasteiger partial charge in [-0.15, -0.1) is 11.8 Å². The molecule has 0 radical (unpaired) electrons. The molecule has 2 fully saturated rings. The van der Waals surface area contributed by atoms with E-state index in [9.17, 15) is 4.79 Å². The fourth-order valence-corrected chi connectivity index (χ4v) is 4.67. The Morgan fingerprint density at radius 2 is 2.30 bits per heavy atom. The van der Waals surface area contributed by atoms with Crippen LogP contribution in [0.5, 0.6) is 0 Å². The highest BCUT2D eigenvalue weighted by atomic mass is 32.2. The van der Waals surface area contributed by atoms with E-state index in [1.54, 1.807) is 0 Å². The van der Waals surface area contributed by atoms with Crippen LogP contribution in [0.1, 0.15) is 29.3 Å². The molecule has 2 aliphatic heterocycles. The molecule has 20 heavy (non-hydrogen) atoms. The molecule has 2 heterocycles. The van der Waals surface area contributed by atoms with Gasteiger partial charge in [0.05, 0.1) is 10.9 Å². The van der Waals surface area contributed by atoms with Crippen LogP contribution in [0, 0.1) is 6.92 Å². The molecule has 108 valence electrons. The van der Waals surface area contributed by atoms with Gasteiger partial charge < -0.3 is 9.64 Å². The molecule has 1 aromatic carbocycles. The molecule has 1 amide bonds. The van der Waals surface area contributed by atoms with Gasteiger partial charge in [-0.2, -0.15) is 0 Å². The third-order valence-corrected chi connectivity index (χ3v) is 5.66. The Labute approximate surface area is 124 Å². The number of hydrogen-bond donors (Lipinski definition) is 0. The molecule has 1 atom stereocenters. The smallest absolute Gasteiger partial charge is 0.253 e. The zero-order chi connectivity index (χ0) is 14.2. The molecule has 0 bridgehead atoms. The largest absolute Gasteiger partial charge is 0.378 e. The fraction of sp³-hybridized carbons (Fsp3) is 0.562. The number of nitrogens with zero attached hydrogens (tertiary/aromatic N) is 1. The Morgan fingerprint density at radius 3 is 3.00 bits per heavy atom. The van der Waals surface area contributed by atoms with Crippen LogP contribution in [-0.4, -0.2) is 47.1 Å². The van der Waals surface area contributed by atoms with Crippen LogP contribution in [0.4, 0.5) is 0 Å². The van der Waals surface area contributed by atoms with Crippen LogP contribution in [0.25, 0.3) is 0 Å². The van der Waals surface area contributed by atoms with Crippen molar-refractivity contribution in [2.45, 2.75) is 31.1 Å². The van der Waals surface area contributed by atoms with Gasteiger partial charge in [0.2, 0.25) is 0 Å². The van der Waals surface area contributed by atoms with Crippen molar-refractivity contribution in [1.29, 1.82) is 0 Å². The van der Waals surface area contributed by atoms with E-state index in [4.69, 9.17) is 4.74 Å². The van der Waals surface area contributed by atoms with E-state index in [2.05, 4.69) is 0 Å². The van der Waals surface area contributed by atoms with Crippen LogP contribution in [0.2, 0.25) is 0 Å². The Morgan fingerprint density at radius 1 is 1.50 bits per heavy atom. The summed E-state index contributed by atoms with van der Waals surface area (Å²) >= 11 is 1.98. The summed E-state index contributed by atoms with van der Waals surface area (Å²) in [6, 6.07) is 7.85. The molecule has 0 aromatic heterocycles. The SMILES string of the molecule is CCOC1CSC2(C1)CN(C(=O)c1cccc(C)c1)C2. The third-order valence-electron chi connectivity index (χ3n) is 4.09. The predicted octanol–water partition coefficient (Wildman–Crippen LogP) is 2.73. The number of carbonyl (C=O) groups excluding carboxylic acids is 1. The molecule has 0 saturated carbocycles. The number of hydrogen-bond acceptors (Lipinski definition) is 3. The molecular formula is C16H21NO2S. The van der Waals surface area contributed by atoms with Gasteiger partial charge in [-0.25, -0.2) is 0 Å². The van der Waals surface area contributed by atoms with E-state index in [0.29, 0.717) is 6.10 Å². The van der Waals surface area contributed by atoms with E-state index in [0.717, 1.165) is 43.0 Å². The lowest BCUT2D eigenvalue weighted by Crippen LogP contribution is -2.60. The number of ether oxygens (including phenoxy) is 1. The van der Waals surface area contributed by atoms with E-state index >= 15 is 0 Å². The summed E-state index contributed by atoms with van der Waals surface area (Å²) in [7, 11) is 0. The lowest BCUT2D eigenvalue weighted by Gasteiger charge is -2.47. The van der Waals surface area contributed by atoms with Crippen LogP contribution < -0.4 is 0 Å². The van der Waals surface area contributed by atoms with E-state index < -0.39 is 0 Å². The summed E-state index contributed by atoms with van der Waals surface area (Å²) in [5.74, 6) is 1.24. The van der Waals surface area contributed by atoms with Crippen molar-refractivity contribution in [3.05, 3.63) is 35.4 Å². The molecule has 0 aliphatic carbocycles. The zero-order valence-electron chi connectivity index (χ0n) is 12.1. The number of benzene rings is 1. The Kier molecular flexibility index (Phi) is 3.78. The number of rotatable bonds is 3. The van der Waals surface area contributed by atoms with Crippen LogP contribution in [-0.2, 0) is 4.74 Å². The van der Waals surface area contributed by atoms with Gasteiger partial charge in [0, 0.05) is 31.0 Å². The molecule has 3 nitrogen and oxygen atoms in total. The van der Waals surface area contributed by atoms with Crippen LogP contribution >= 0.6 is 11.8 Å². The highest BCUT2D eigenvalue weighted by Gasteiger charge is 2.50. The molecule has 1 unspecified atom stereocenters. The highest BCUT2D eigenvalue weighted by Crippen LogP contribution is 2.46. The first-order valence-corrected chi connectivity index (χ1v) is 8.22. The Balaban J connectivity index is 1.59. The first kappa shape index (κ1) is 14.0. The van der Waals surface area contributed by atoms with E-state index in [1.165, 1.54) is 0 Å². The quantitative estimate of drug-likeness (QED) is 0.857. The van der Waals surface area contributed by atoms with Gasteiger partial charge >= 0.3 is 0 Å². The standard InChI is InChI=1S/C16H21NO2S/c1-3-19-14-8-16(20-9-14)10-17(11-16)15(18)13-6-4-5-12(2)7-13/h4-7,14H,3,8-11H2,1-2H3. The molecule has 0 N–H and O–H groups in total. The number of likely N-dealkylation sites (tertiary alicyclic amines) is 1. The Hall–Kier alpha value is -1.00. The highest BCUT2D eigenvalue weighted by molar-refractivity contribution is 8.01. The average Bonchev–Trinajstić information content (AvgIpc) is 2.81. The summed E-state index contributed by atoms with van der Waals surface area (Å²) in [5.41, 5.74) is 1.95. The maximum Gasteiger partial charge on any atom is 0.253 e. The second-order valence-electron chi connectivity index (χ2n) is 5.81. The lowest BCUT2D eigenvalue weighted by atomic mass is 9.92. The van der Waals surface area contributed by atoms with Gasteiger partial charge in [0.15, 0.2) is 0 Å².